The highest BCUT2D eigenvalue weighted by Gasteiger charge is 2.10. The van der Waals surface area contributed by atoms with Gasteiger partial charge in [0.2, 0.25) is 0 Å². The molecule has 1 saturated heterocycles. The molecule has 1 aromatic rings. The molecule has 0 saturated carbocycles. The minimum atomic E-state index is -0.0525. The largest absolute Gasteiger partial charge is 0.462 e. The van der Waals surface area contributed by atoms with Gasteiger partial charge in [0, 0.05) is 12.7 Å². The summed E-state index contributed by atoms with van der Waals surface area (Å²) in [7, 11) is 0. The van der Waals surface area contributed by atoms with Crippen LogP contribution in [0, 0.1) is 0 Å². The molecule has 0 bridgehead atoms. The predicted molar refractivity (Wildman–Crippen MR) is 70.3 cm³/mol. The summed E-state index contributed by atoms with van der Waals surface area (Å²) < 4.78 is 5.49. The molecule has 0 aromatic carbocycles. The van der Waals surface area contributed by atoms with Crippen molar-refractivity contribution in [1.82, 2.24) is 14.9 Å². The fourth-order valence-electron chi connectivity index (χ4n) is 2.05. The van der Waals surface area contributed by atoms with Crippen molar-refractivity contribution in [1.29, 1.82) is 0 Å². The molecule has 1 aliphatic heterocycles. The zero-order chi connectivity index (χ0) is 13.5. The summed E-state index contributed by atoms with van der Waals surface area (Å²) in [4.78, 5) is 10.4. The topological polar surface area (TPSA) is 96.9 Å². The first-order chi connectivity index (χ1) is 9.29. The van der Waals surface area contributed by atoms with Crippen molar-refractivity contribution in [2.45, 2.75) is 19.3 Å². The summed E-state index contributed by atoms with van der Waals surface area (Å²) in [6, 6.07) is 1.81. The highest BCUT2D eigenvalue weighted by atomic mass is 16.5. The van der Waals surface area contributed by atoms with Gasteiger partial charge in [-0.2, -0.15) is 4.98 Å². The van der Waals surface area contributed by atoms with Gasteiger partial charge in [-0.05, 0) is 32.0 Å². The second-order valence-corrected chi connectivity index (χ2v) is 4.46. The maximum atomic E-state index is 8.58. The lowest BCUT2D eigenvalue weighted by Crippen LogP contribution is -2.33. The highest BCUT2D eigenvalue weighted by Crippen LogP contribution is 2.08. The van der Waals surface area contributed by atoms with E-state index in [1.807, 2.05) is 0 Å². The molecule has 7 heteroatoms. The van der Waals surface area contributed by atoms with E-state index in [9.17, 15) is 0 Å². The fourth-order valence-corrected chi connectivity index (χ4v) is 2.05. The molecule has 0 amide bonds. The zero-order valence-corrected chi connectivity index (χ0v) is 10.8. The van der Waals surface area contributed by atoms with Crippen molar-refractivity contribution in [2.24, 2.45) is 10.9 Å². The maximum absolute atomic E-state index is 8.58. The Balaban J connectivity index is 1.82. The van der Waals surface area contributed by atoms with Crippen molar-refractivity contribution in [2.75, 3.05) is 26.2 Å². The van der Waals surface area contributed by atoms with Crippen molar-refractivity contribution in [3.63, 3.8) is 0 Å². The smallest absolute Gasteiger partial charge is 0.317 e. The average molecular weight is 265 g/mol. The van der Waals surface area contributed by atoms with Gasteiger partial charge in [0.25, 0.3) is 0 Å². The Morgan fingerprint density at radius 3 is 2.95 bits per heavy atom. The third-order valence-corrected chi connectivity index (χ3v) is 3.09. The van der Waals surface area contributed by atoms with Crippen LogP contribution >= 0.6 is 0 Å². The van der Waals surface area contributed by atoms with Crippen LogP contribution in [-0.4, -0.2) is 52.2 Å². The van der Waals surface area contributed by atoms with Crippen molar-refractivity contribution < 1.29 is 9.94 Å². The van der Waals surface area contributed by atoms with E-state index >= 15 is 0 Å². The number of aromatic nitrogens is 2. The van der Waals surface area contributed by atoms with Crippen LogP contribution in [0.15, 0.2) is 17.4 Å². The normalized spacial score (nSPS) is 17.4. The SMILES string of the molecule is N/C(=N/O)c1ccnc(OCCN2CCCCC2)n1. The molecule has 104 valence electrons. The molecule has 1 aliphatic rings. The first kappa shape index (κ1) is 13.5. The van der Waals surface area contributed by atoms with Crippen LogP contribution in [-0.2, 0) is 0 Å². The highest BCUT2D eigenvalue weighted by molar-refractivity contribution is 5.95. The van der Waals surface area contributed by atoms with Gasteiger partial charge >= 0.3 is 6.01 Å². The number of piperidine rings is 1. The first-order valence-corrected chi connectivity index (χ1v) is 6.45. The second kappa shape index (κ2) is 6.89. The average Bonchev–Trinajstić information content (AvgIpc) is 2.48. The van der Waals surface area contributed by atoms with Gasteiger partial charge in [-0.15, -0.1) is 0 Å². The molecule has 0 unspecified atom stereocenters. The van der Waals surface area contributed by atoms with E-state index in [1.54, 1.807) is 6.07 Å². The number of nitrogens with two attached hydrogens (primary N) is 1. The summed E-state index contributed by atoms with van der Waals surface area (Å²) in [5, 5.41) is 11.5. The monoisotopic (exact) mass is 265 g/mol. The summed E-state index contributed by atoms with van der Waals surface area (Å²) in [5.74, 6) is -0.0525. The molecule has 0 aliphatic carbocycles. The van der Waals surface area contributed by atoms with Gasteiger partial charge in [0.1, 0.15) is 12.3 Å². The minimum Gasteiger partial charge on any atom is -0.462 e. The fraction of sp³-hybridized carbons (Fsp3) is 0.583. The van der Waals surface area contributed by atoms with Crippen LogP contribution in [0.1, 0.15) is 25.0 Å². The van der Waals surface area contributed by atoms with Gasteiger partial charge in [-0.3, -0.25) is 4.90 Å². The van der Waals surface area contributed by atoms with E-state index in [1.165, 1.54) is 25.5 Å². The molecule has 1 aromatic heterocycles. The van der Waals surface area contributed by atoms with Crippen LogP contribution in [0.25, 0.3) is 0 Å². The third kappa shape index (κ3) is 4.06. The molecule has 0 atom stereocenters. The molecule has 0 radical (unpaired) electrons. The Kier molecular flexibility index (Phi) is 4.91. The number of hydrogen-bond acceptors (Lipinski definition) is 6. The lowest BCUT2D eigenvalue weighted by molar-refractivity contribution is 0.177. The van der Waals surface area contributed by atoms with Crippen molar-refractivity contribution in [3.05, 3.63) is 18.0 Å². The van der Waals surface area contributed by atoms with Crippen molar-refractivity contribution >= 4 is 5.84 Å². The third-order valence-electron chi connectivity index (χ3n) is 3.09. The minimum absolute atomic E-state index is 0.0525. The Bertz CT molecular complexity index is 432. The Morgan fingerprint density at radius 1 is 1.42 bits per heavy atom. The van der Waals surface area contributed by atoms with E-state index in [0.29, 0.717) is 12.3 Å². The van der Waals surface area contributed by atoms with Crippen LogP contribution in [0.2, 0.25) is 0 Å². The Labute approximate surface area is 112 Å². The van der Waals surface area contributed by atoms with Crippen LogP contribution in [0.4, 0.5) is 0 Å². The maximum Gasteiger partial charge on any atom is 0.317 e. The molecular weight excluding hydrogens is 246 g/mol. The molecule has 19 heavy (non-hydrogen) atoms. The van der Waals surface area contributed by atoms with Gasteiger partial charge in [-0.1, -0.05) is 11.6 Å². The Morgan fingerprint density at radius 2 is 2.21 bits per heavy atom. The summed E-state index contributed by atoms with van der Waals surface area (Å²) >= 11 is 0. The molecular formula is C12H19N5O2. The van der Waals surface area contributed by atoms with Crippen LogP contribution < -0.4 is 10.5 Å². The number of rotatable bonds is 5. The Hall–Kier alpha value is -1.89. The number of ether oxygens (including phenoxy) is 1. The number of nitrogens with zero attached hydrogens (tertiary/aromatic N) is 4. The first-order valence-electron chi connectivity index (χ1n) is 6.45. The van der Waals surface area contributed by atoms with Crippen LogP contribution in [0.5, 0.6) is 6.01 Å². The van der Waals surface area contributed by atoms with E-state index in [-0.39, 0.29) is 11.8 Å². The molecule has 3 N–H and O–H groups in total. The van der Waals surface area contributed by atoms with Crippen molar-refractivity contribution in [3.8, 4) is 6.01 Å². The quantitative estimate of drug-likeness (QED) is 0.347. The van der Waals surface area contributed by atoms with Gasteiger partial charge in [0.15, 0.2) is 5.84 Å². The van der Waals surface area contributed by atoms with Gasteiger partial charge in [0.05, 0.1) is 0 Å². The summed E-state index contributed by atoms with van der Waals surface area (Å²) in [6.07, 6.45) is 5.36. The number of hydrogen-bond donors (Lipinski definition) is 2. The molecule has 0 spiro atoms. The van der Waals surface area contributed by atoms with E-state index in [4.69, 9.17) is 15.7 Å². The van der Waals surface area contributed by atoms with E-state index < -0.39 is 0 Å². The van der Waals surface area contributed by atoms with E-state index in [2.05, 4.69) is 20.0 Å². The lowest BCUT2D eigenvalue weighted by atomic mass is 10.1. The summed E-state index contributed by atoms with van der Waals surface area (Å²) in [5.41, 5.74) is 5.81. The van der Waals surface area contributed by atoms with Crippen LogP contribution in [0.3, 0.4) is 0 Å². The number of amidine groups is 1. The second-order valence-electron chi connectivity index (χ2n) is 4.46. The predicted octanol–water partition coefficient (Wildman–Crippen LogP) is 0.436. The standard InChI is InChI=1S/C12H19N5O2/c13-11(16-18)10-4-5-14-12(15-10)19-9-8-17-6-2-1-3-7-17/h4-5,18H,1-3,6-9H2,(H2,13,16). The molecule has 7 nitrogen and oxygen atoms in total. The molecule has 1 fully saturated rings. The number of likely N-dealkylation sites (tertiary alicyclic amines) is 1. The van der Waals surface area contributed by atoms with E-state index in [0.717, 1.165) is 19.6 Å². The lowest BCUT2D eigenvalue weighted by Gasteiger charge is -2.25. The molecule has 2 heterocycles. The summed E-state index contributed by atoms with van der Waals surface area (Å²) in [6.45, 7) is 3.68. The zero-order valence-electron chi connectivity index (χ0n) is 10.8. The number of oxime groups is 1. The van der Waals surface area contributed by atoms with Gasteiger partial charge < -0.3 is 15.7 Å². The van der Waals surface area contributed by atoms with Gasteiger partial charge in [-0.25, -0.2) is 4.98 Å². The molecule has 2 rings (SSSR count).